The highest BCUT2D eigenvalue weighted by atomic mass is 16.5. The van der Waals surface area contributed by atoms with Crippen molar-refractivity contribution in [1.29, 1.82) is 0 Å². The van der Waals surface area contributed by atoms with Crippen LogP contribution in [0.25, 0.3) is 6.08 Å². The van der Waals surface area contributed by atoms with Crippen LogP contribution in [0.3, 0.4) is 0 Å². The summed E-state index contributed by atoms with van der Waals surface area (Å²) in [5.74, 6) is 0.637. The Labute approximate surface area is 172 Å². The number of carbonyl (C=O) groups excluding carboxylic acids is 1. The summed E-state index contributed by atoms with van der Waals surface area (Å²) in [4.78, 5) is 12.2. The molecule has 29 heavy (non-hydrogen) atoms. The molecule has 0 bridgehead atoms. The Bertz CT molecular complexity index is 1020. The van der Waals surface area contributed by atoms with E-state index in [-0.39, 0.29) is 5.91 Å². The third kappa shape index (κ3) is 5.35. The molecule has 1 aromatic heterocycles. The summed E-state index contributed by atoms with van der Waals surface area (Å²) in [6.45, 7) is 7.23. The van der Waals surface area contributed by atoms with Gasteiger partial charge in [0.2, 0.25) is 5.91 Å². The highest BCUT2D eigenvalue weighted by Crippen LogP contribution is 2.17. The maximum Gasteiger partial charge on any atom is 0.244 e. The lowest BCUT2D eigenvalue weighted by molar-refractivity contribution is -0.116. The van der Waals surface area contributed by atoms with Gasteiger partial charge in [-0.25, -0.2) is 0 Å². The molecule has 3 rings (SSSR count). The summed E-state index contributed by atoms with van der Waals surface area (Å²) in [6, 6.07) is 16.1. The van der Waals surface area contributed by atoms with Crippen LogP contribution in [0.1, 0.15) is 33.6 Å². The highest BCUT2D eigenvalue weighted by molar-refractivity contribution is 5.91. The molecule has 0 saturated carbocycles. The van der Waals surface area contributed by atoms with Crippen LogP contribution in [-0.2, 0) is 17.9 Å². The first-order chi connectivity index (χ1) is 14.0. The number of methoxy groups -OCH3 is 1. The van der Waals surface area contributed by atoms with Crippen molar-refractivity contribution in [2.24, 2.45) is 0 Å². The monoisotopic (exact) mass is 389 g/mol. The van der Waals surface area contributed by atoms with Gasteiger partial charge in [-0.1, -0.05) is 42.0 Å². The third-order valence-corrected chi connectivity index (χ3v) is 4.89. The number of nitrogens with zero attached hydrogens (tertiary/aromatic N) is 2. The molecule has 1 N–H and O–H groups in total. The van der Waals surface area contributed by atoms with Gasteiger partial charge < -0.3 is 10.1 Å². The molecule has 1 heterocycles. The van der Waals surface area contributed by atoms with Crippen LogP contribution >= 0.6 is 0 Å². The largest absolute Gasteiger partial charge is 0.497 e. The topological polar surface area (TPSA) is 56.1 Å². The Morgan fingerprint density at radius 2 is 1.86 bits per heavy atom. The number of hydrogen-bond donors (Lipinski definition) is 1. The lowest BCUT2D eigenvalue weighted by atomic mass is 10.1. The van der Waals surface area contributed by atoms with Gasteiger partial charge in [-0.3, -0.25) is 9.48 Å². The fourth-order valence-corrected chi connectivity index (χ4v) is 3.16. The van der Waals surface area contributed by atoms with E-state index in [0.717, 1.165) is 28.3 Å². The van der Waals surface area contributed by atoms with Gasteiger partial charge in [-0.2, -0.15) is 5.10 Å². The van der Waals surface area contributed by atoms with Gasteiger partial charge in [0.25, 0.3) is 0 Å². The Balaban J connectivity index is 1.64. The van der Waals surface area contributed by atoms with Gasteiger partial charge in [-0.15, -0.1) is 0 Å². The number of ether oxygens (including phenoxy) is 1. The molecule has 5 nitrogen and oxygen atoms in total. The Morgan fingerprint density at radius 1 is 1.10 bits per heavy atom. The summed E-state index contributed by atoms with van der Waals surface area (Å²) in [7, 11) is 1.63. The molecule has 0 atom stereocenters. The molecule has 0 fully saturated rings. The van der Waals surface area contributed by atoms with Crippen molar-refractivity contribution in [2.45, 2.75) is 33.9 Å². The zero-order valence-electron chi connectivity index (χ0n) is 17.4. The second-order valence-electron chi connectivity index (χ2n) is 7.13. The molecule has 0 aliphatic heterocycles. The molecule has 0 saturated heterocycles. The van der Waals surface area contributed by atoms with E-state index in [1.165, 1.54) is 11.1 Å². The van der Waals surface area contributed by atoms with Crippen molar-refractivity contribution in [2.75, 3.05) is 7.11 Å². The Kier molecular flexibility index (Phi) is 6.50. The number of benzene rings is 2. The van der Waals surface area contributed by atoms with Gasteiger partial charge >= 0.3 is 0 Å². The molecule has 2 aromatic carbocycles. The summed E-state index contributed by atoms with van der Waals surface area (Å²) in [6.07, 6.45) is 3.40. The van der Waals surface area contributed by atoms with E-state index in [2.05, 4.69) is 41.6 Å². The second kappa shape index (κ2) is 9.24. The second-order valence-corrected chi connectivity index (χ2v) is 7.13. The van der Waals surface area contributed by atoms with Crippen molar-refractivity contribution in [3.8, 4) is 5.75 Å². The number of hydrogen-bond acceptors (Lipinski definition) is 3. The molecule has 0 radical (unpaired) electrons. The lowest BCUT2D eigenvalue weighted by Crippen LogP contribution is -2.20. The first-order valence-electron chi connectivity index (χ1n) is 9.64. The molecule has 3 aromatic rings. The van der Waals surface area contributed by atoms with Crippen molar-refractivity contribution in [3.63, 3.8) is 0 Å². The quantitative estimate of drug-likeness (QED) is 0.616. The molecule has 0 aliphatic carbocycles. The van der Waals surface area contributed by atoms with Crippen LogP contribution in [0.15, 0.2) is 54.6 Å². The first kappa shape index (κ1) is 20.4. The minimum Gasteiger partial charge on any atom is -0.497 e. The zero-order chi connectivity index (χ0) is 20.8. The number of aromatic nitrogens is 2. The van der Waals surface area contributed by atoms with Crippen LogP contribution in [-0.4, -0.2) is 22.8 Å². The van der Waals surface area contributed by atoms with Crippen molar-refractivity contribution in [3.05, 3.63) is 88.2 Å². The molecular formula is C24H27N3O2. The van der Waals surface area contributed by atoms with Gasteiger partial charge in [-0.05, 0) is 50.1 Å². The van der Waals surface area contributed by atoms with E-state index in [9.17, 15) is 4.79 Å². The minimum atomic E-state index is -0.141. The summed E-state index contributed by atoms with van der Waals surface area (Å²) < 4.78 is 7.19. The average Bonchev–Trinajstić information content (AvgIpc) is 2.99. The van der Waals surface area contributed by atoms with E-state index < -0.39 is 0 Å². The fourth-order valence-electron chi connectivity index (χ4n) is 3.16. The third-order valence-electron chi connectivity index (χ3n) is 4.89. The number of carbonyl (C=O) groups is 1. The van der Waals surface area contributed by atoms with Crippen molar-refractivity contribution >= 4 is 12.0 Å². The van der Waals surface area contributed by atoms with Crippen LogP contribution in [0, 0.1) is 20.8 Å². The summed E-state index contributed by atoms with van der Waals surface area (Å²) in [5.41, 5.74) is 6.36. The minimum absolute atomic E-state index is 0.141. The van der Waals surface area contributed by atoms with E-state index >= 15 is 0 Å². The van der Waals surface area contributed by atoms with E-state index in [1.807, 2.05) is 48.9 Å². The highest BCUT2D eigenvalue weighted by Gasteiger charge is 2.10. The fraction of sp³-hybridized carbons (Fsp3) is 0.250. The molecule has 5 heteroatoms. The molecule has 150 valence electrons. The lowest BCUT2D eigenvalue weighted by Gasteiger charge is -2.06. The molecule has 0 unspecified atom stereocenters. The van der Waals surface area contributed by atoms with E-state index in [1.54, 1.807) is 13.2 Å². The van der Waals surface area contributed by atoms with Crippen LogP contribution in [0.4, 0.5) is 0 Å². The Hall–Kier alpha value is -3.34. The number of nitrogens with one attached hydrogen (secondary N) is 1. The van der Waals surface area contributed by atoms with E-state index in [4.69, 9.17) is 4.74 Å². The number of rotatable bonds is 7. The number of aryl methyl sites for hydroxylation is 2. The molecule has 1 amide bonds. The van der Waals surface area contributed by atoms with E-state index in [0.29, 0.717) is 13.1 Å². The van der Waals surface area contributed by atoms with Crippen molar-refractivity contribution in [1.82, 2.24) is 15.1 Å². The Morgan fingerprint density at radius 3 is 2.59 bits per heavy atom. The number of amides is 1. The maximum absolute atomic E-state index is 12.2. The normalized spacial score (nSPS) is 11.0. The van der Waals surface area contributed by atoms with Gasteiger partial charge in [0.15, 0.2) is 0 Å². The smallest absolute Gasteiger partial charge is 0.244 e. The summed E-state index contributed by atoms with van der Waals surface area (Å²) >= 11 is 0. The SMILES string of the molecule is COc1cccc(CNC(=O)/C=C/c2c(C)nn(Cc3ccc(C)cc3)c2C)c1. The molecular weight excluding hydrogens is 362 g/mol. The van der Waals surface area contributed by atoms with Crippen LogP contribution in [0.2, 0.25) is 0 Å². The predicted octanol–water partition coefficient (Wildman–Crippen LogP) is 4.19. The summed E-state index contributed by atoms with van der Waals surface area (Å²) in [5, 5.41) is 7.54. The predicted molar refractivity (Wildman–Crippen MR) is 116 cm³/mol. The average molecular weight is 389 g/mol. The first-order valence-corrected chi connectivity index (χ1v) is 9.64. The van der Waals surface area contributed by atoms with Crippen LogP contribution < -0.4 is 10.1 Å². The standard InChI is InChI=1S/C24H27N3O2/c1-17-8-10-20(11-9-17)16-27-19(3)23(18(2)26-27)12-13-24(28)25-15-21-6-5-7-22(14-21)29-4/h5-14H,15-16H2,1-4H3,(H,25,28)/b13-12+. The maximum atomic E-state index is 12.2. The van der Waals surface area contributed by atoms with Crippen molar-refractivity contribution < 1.29 is 9.53 Å². The molecule has 0 spiro atoms. The van der Waals surface area contributed by atoms with Crippen LogP contribution in [0.5, 0.6) is 5.75 Å². The van der Waals surface area contributed by atoms with Gasteiger partial charge in [0.1, 0.15) is 5.75 Å². The van der Waals surface area contributed by atoms with Gasteiger partial charge in [0, 0.05) is 23.9 Å². The zero-order valence-corrected chi connectivity index (χ0v) is 17.4. The molecule has 0 aliphatic rings. The van der Waals surface area contributed by atoms with Gasteiger partial charge in [0.05, 0.1) is 19.3 Å².